The van der Waals surface area contributed by atoms with Gasteiger partial charge in [0, 0.05) is 24.0 Å². The molecule has 0 spiro atoms. The molecule has 5 heteroatoms. The molecule has 1 aliphatic heterocycles. The summed E-state index contributed by atoms with van der Waals surface area (Å²) in [4.78, 5) is 39.5. The molecule has 3 amide bonds. The van der Waals surface area contributed by atoms with Crippen LogP contribution < -0.4 is 5.32 Å². The van der Waals surface area contributed by atoms with Gasteiger partial charge in [0.15, 0.2) is 0 Å². The van der Waals surface area contributed by atoms with E-state index in [2.05, 4.69) is 17.5 Å². The van der Waals surface area contributed by atoms with Crippen LogP contribution in [-0.2, 0) is 14.4 Å². The number of amides is 3. The zero-order valence-electron chi connectivity index (χ0n) is 15.5. The van der Waals surface area contributed by atoms with Gasteiger partial charge in [0.05, 0.1) is 11.8 Å². The first kappa shape index (κ1) is 17.2. The number of fused-ring (bicyclic) bond motifs is 2. The molecule has 142 valence electrons. The lowest BCUT2D eigenvalue weighted by molar-refractivity contribution is -0.140. The maximum absolute atomic E-state index is 12.8. The Morgan fingerprint density at radius 1 is 0.929 bits per heavy atom. The van der Waals surface area contributed by atoms with Gasteiger partial charge in [-0.1, -0.05) is 48.6 Å². The van der Waals surface area contributed by atoms with Crippen molar-refractivity contribution < 1.29 is 14.4 Å². The Hall–Kier alpha value is -2.95. The maximum Gasteiger partial charge on any atom is 0.233 e. The van der Waals surface area contributed by atoms with Gasteiger partial charge in [-0.3, -0.25) is 19.3 Å². The number of likely N-dealkylation sites (tertiary alicyclic amines) is 1. The van der Waals surface area contributed by atoms with E-state index in [1.165, 1.54) is 4.90 Å². The van der Waals surface area contributed by atoms with E-state index in [9.17, 15) is 14.4 Å². The number of carbonyl (C=O) groups excluding carboxylic acids is 3. The molecule has 0 radical (unpaired) electrons. The number of benzene rings is 2. The molecule has 0 aromatic heterocycles. The van der Waals surface area contributed by atoms with E-state index in [1.54, 1.807) is 0 Å². The van der Waals surface area contributed by atoms with Crippen LogP contribution in [0.4, 0.5) is 5.69 Å². The van der Waals surface area contributed by atoms with Gasteiger partial charge in [0.2, 0.25) is 17.7 Å². The molecule has 3 aliphatic carbocycles. The number of rotatable bonds is 4. The van der Waals surface area contributed by atoms with E-state index in [4.69, 9.17) is 0 Å². The van der Waals surface area contributed by atoms with Gasteiger partial charge < -0.3 is 5.32 Å². The predicted molar refractivity (Wildman–Crippen MR) is 106 cm³/mol. The van der Waals surface area contributed by atoms with E-state index in [-0.39, 0.29) is 54.4 Å². The van der Waals surface area contributed by atoms with Gasteiger partial charge in [0.1, 0.15) is 0 Å². The normalized spacial score (nSPS) is 28.1. The molecule has 28 heavy (non-hydrogen) atoms. The number of hydrogen-bond acceptors (Lipinski definition) is 3. The summed E-state index contributed by atoms with van der Waals surface area (Å²) in [6.45, 7) is 0.153. The average molecular weight is 374 g/mol. The minimum atomic E-state index is -0.211. The Morgan fingerprint density at radius 2 is 1.57 bits per heavy atom. The van der Waals surface area contributed by atoms with Crippen molar-refractivity contribution in [2.45, 2.75) is 19.3 Å². The van der Waals surface area contributed by atoms with Crippen molar-refractivity contribution in [1.82, 2.24) is 4.90 Å². The van der Waals surface area contributed by atoms with Crippen molar-refractivity contribution in [1.29, 1.82) is 0 Å². The maximum atomic E-state index is 12.8. The highest BCUT2D eigenvalue weighted by Gasteiger charge is 2.56. The molecule has 4 atom stereocenters. The number of hydrogen-bond donors (Lipinski definition) is 1. The van der Waals surface area contributed by atoms with Crippen LogP contribution in [0.3, 0.4) is 0 Å². The average Bonchev–Trinajstić information content (AvgIpc) is 3.00. The fraction of sp³-hybridized carbons (Fsp3) is 0.348. The number of anilines is 1. The minimum absolute atomic E-state index is 0.0907. The standard InChI is InChI=1S/C23H22N2O3/c26-19(24-18-7-3-5-14-4-1-2-6-17(14)18)12-13-25-22(27)20-15-8-9-16(11-10-15)21(20)23(25)28/h1-9,15-16,20-21H,10-13H2,(H,24,26)/t15-,16-,20-,21-/m0/s1. The third kappa shape index (κ3) is 2.65. The summed E-state index contributed by atoms with van der Waals surface area (Å²) in [5.41, 5.74) is 0.748. The fourth-order valence-corrected chi connectivity index (χ4v) is 5.12. The molecule has 6 rings (SSSR count). The monoisotopic (exact) mass is 374 g/mol. The first-order valence-electron chi connectivity index (χ1n) is 9.94. The van der Waals surface area contributed by atoms with E-state index in [0.29, 0.717) is 0 Å². The Labute approximate surface area is 163 Å². The molecule has 2 bridgehead atoms. The molecule has 1 N–H and O–H groups in total. The van der Waals surface area contributed by atoms with Crippen LogP contribution in [0.1, 0.15) is 19.3 Å². The first-order chi connectivity index (χ1) is 13.6. The summed E-state index contributed by atoms with van der Waals surface area (Å²) in [5, 5.41) is 4.96. The SMILES string of the molecule is O=C(CCN1C(=O)[C@@H]2[C@@H](C1=O)[C@H]1C=C[C@H]2CC1)Nc1cccc2ccccc12. The summed E-state index contributed by atoms with van der Waals surface area (Å²) in [6, 6.07) is 13.6. The number of carbonyl (C=O) groups is 3. The smallest absolute Gasteiger partial charge is 0.233 e. The predicted octanol–water partition coefficient (Wildman–Crippen LogP) is 3.37. The number of imide groups is 1. The van der Waals surface area contributed by atoms with E-state index in [0.717, 1.165) is 29.3 Å². The molecule has 1 saturated heterocycles. The van der Waals surface area contributed by atoms with E-state index in [1.807, 2.05) is 42.5 Å². The number of allylic oxidation sites excluding steroid dienone is 2. The second-order valence-electron chi connectivity index (χ2n) is 7.99. The van der Waals surface area contributed by atoms with Gasteiger partial charge in [-0.15, -0.1) is 0 Å². The molecule has 1 saturated carbocycles. The molecule has 2 aromatic rings. The van der Waals surface area contributed by atoms with Crippen LogP contribution in [0.25, 0.3) is 10.8 Å². The van der Waals surface area contributed by atoms with E-state index < -0.39 is 0 Å². The largest absolute Gasteiger partial charge is 0.325 e. The van der Waals surface area contributed by atoms with Gasteiger partial charge >= 0.3 is 0 Å². The van der Waals surface area contributed by atoms with Crippen molar-refractivity contribution in [2.75, 3.05) is 11.9 Å². The third-order valence-electron chi connectivity index (χ3n) is 6.48. The molecular formula is C23H22N2O3. The summed E-state index contributed by atoms with van der Waals surface area (Å²) >= 11 is 0. The van der Waals surface area contributed by atoms with Crippen LogP contribution in [0.15, 0.2) is 54.6 Å². The third-order valence-corrected chi connectivity index (χ3v) is 6.48. The topological polar surface area (TPSA) is 66.5 Å². The van der Waals surface area contributed by atoms with Gasteiger partial charge in [0.25, 0.3) is 0 Å². The Kier molecular flexibility index (Phi) is 4.04. The highest BCUT2D eigenvalue weighted by Crippen LogP contribution is 2.49. The summed E-state index contributed by atoms with van der Waals surface area (Å²) in [5.74, 6) is -0.427. The van der Waals surface area contributed by atoms with Gasteiger partial charge in [-0.25, -0.2) is 0 Å². The summed E-state index contributed by atoms with van der Waals surface area (Å²) in [7, 11) is 0. The summed E-state index contributed by atoms with van der Waals surface area (Å²) in [6.07, 6.45) is 6.30. The molecule has 2 aromatic carbocycles. The quantitative estimate of drug-likeness (QED) is 0.659. The Morgan fingerprint density at radius 3 is 2.25 bits per heavy atom. The molecular weight excluding hydrogens is 352 g/mol. The van der Waals surface area contributed by atoms with Crippen molar-refractivity contribution in [3.63, 3.8) is 0 Å². The molecule has 4 aliphatic rings. The van der Waals surface area contributed by atoms with Crippen molar-refractivity contribution in [2.24, 2.45) is 23.7 Å². The summed E-state index contributed by atoms with van der Waals surface area (Å²) < 4.78 is 0. The zero-order valence-corrected chi connectivity index (χ0v) is 15.5. The highest BCUT2D eigenvalue weighted by atomic mass is 16.2. The molecule has 5 nitrogen and oxygen atoms in total. The lowest BCUT2D eigenvalue weighted by Gasteiger charge is -2.38. The zero-order chi connectivity index (χ0) is 19.3. The van der Waals surface area contributed by atoms with Crippen molar-refractivity contribution >= 4 is 34.2 Å². The van der Waals surface area contributed by atoms with Crippen LogP contribution in [0, 0.1) is 23.7 Å². The Balaban J connectivity index is 1.27. The fourth-order valence-electron chi connectivity index (χ4n) is 5.12. The Bertz CT molecular complexity index is 975. The highest BCUT2D eigenvalue weighted by molar-refractivity contribution is 6.07. The van der Waals surface area contributed by atoms with Crippen molar-refractivity contribution in [3.05, 3.63) is 54.6 Å². The van der Waals surface area contributed by atoms with Gasteiger partial charge in [-0.05, 0) is 36.1 Å². The van der Waals surface area contributed by atoms with Crippen LogP contribution >= 0.6 is 0 Å². The molecule has 0 unspecified atom stereocenters. The van der Waals surface area contributed by atoms with Crippen LogP contribution in [-0.4, -0.2) is 29.2 Å². The molecule has 2 fully saturated rings. The first-order valence-corrected chi connectivity index (χ1v) is 9.94. The number of nitrogens with zero attached hydrogens (tertiary/aromatic N) is 1. The number of nitrogens with one attached hydrogen (secondary N) is 1. The molecule has 1 heterocycles. The lowest BCUT2D eigenvalue weighted by atomic mass is 9.63. The minimum Gasteiger partial charge on any atom is -0.325 e. The van der Waals surface area contributed by atoms with Gasteiger partial charge in [-0.2, -0.15) is 0 Å². The van der Waals surface area contributed by atoms with Crippen LogP contribution in [0.2, 0.25) is 0 Å². The second-order valence-corrected chi connectivity index (χ2v) is 7.99. The second kappa shape index (κ2) is 6.59. The van der Waals surface area contributed by atoms with E-state index >= 15 is 0 Å². The lowest BCUT2D eigenvalue weighted by Crippen LogP contribution is -2.38. The van der Waals surface area contributed by atoms with Crippen molar-refractivity contribution in [3.8, 4) is 0 Å². The van der Waals surface area contributed by atoms with Crippen LogP contribution in [0.5, 0.6) is 0 Å².